The Balaban J connectivity index is 2.97. The molecule has 16 heavy (non-hydrogen) atoms. The molecule has 6 nitrogen and oxygen atoms in total. The predicted molar refractivity (Wildman–Crippen MR) is 62.8 cm³/mol. The lowest BCUT2D eigenvalue weighted by Crippen LogP contribution is -2.41. The maximum Gasteiger partial charge on any atom is 0.331 e. The van der Waals surface area contributed by atoms with E-state index in [1.54, 1.807) is 7.05 Å². The second-order valence-corrected chi connectivity index (χ2v) is 3.49. The number of likely N-dealkylation sites (N-methyl/N-ethyl adjacent to an activating group) is 2. The first-order chi connectivity index (χ1) is 7.70. The highest BCUT2D eigenvalue weighted by Gasteiger charge is 2.03. The van der Waals surface area contributed by atoms with E-state index in [0.29, 0.717) is 26.2 Å². The van der Waals surface area contributed by atoms with E-state index in [9.17, 15) is 9.59 Å². The minimum Gasteiger partial charge on any atom is -0.318 e. The molecular formula is C10H18N4O2. The first kappa shape index (κ1) is 12.7. The molecule has 0 unspecified atom stereocenters. The van der Waals surface area contributed by atoms with Gasteiger partial charge in [0.15, 0.2) is 0 Å². The molecule has 0 fully saturated rings. The van der Waals surface area contributed by atoms with Gasteiger partial charge in [0.25, 0.3) is 5.56 Å². The number of hydrogen-bond acceptors (Lipinski definition) is 4. The van der Waals surface area contributed by atoms with Gasteiger partial charge in [0.05, 0.1) is 0 Å². The topological polar surface area (TPSA) is 68.1 Å². The molecule has 1 rings (SSSR count). The van der Waals surface area contributed by atoms with Crippen LogP contribution in [0.3, 0.4) is 0 Å². The number of aromatic nitrogens is 2. The van der Waals surface area contributed by atoms with Gasteiger partial charge in [-0.15, -0.1) is 0 Å². The molecule has 0 spiro atoms. The quantitative estimate of drug-likeness (QED) is 0.616. The van der Waals surface area contributed by atoms with Crippen LogP contribution in [0.5, 0.6) is 0 Å². The highest BCUT2D eigenvalue weighted by molar-refractivity contribution is 4.86. The molecule has 0 atom stereocenters. The molecule has 1 heterocycles. The second-order valence-electron chi connectivity index (χ2n) is 3.49. The third kappa shape index (κ3) is 3.04. The zero-order valence-corrected chi connectivity index (χ0v) is 9.69. The summed E-state index contributed by atoms with van der Waals surface area (Å²) in [7, 11) is 3.61. The predicted octanol–water partition coefficient (Wildman–Crippen LogP) is -1.55. The first-order valence-electron chi connectivity index (χ1n) is 5.30. The standard InChI is InChI=1S/C10H18N4O2/c1-11-4-7-13-6-3-9(15)14(10(13)16)8-5-12-2/h3,6,11-12H,4-5,7-8H2,1-2H3. The van der Waals surface area contributed by atoms with Gasteiger partial charge in [0.1, 0.15) is 0 Å². The average molecular weight is 226 g/mol. The third-order valence-electron chi connectivity index (χ3n) is 2.33. The van der Waals surface area contributed by atoms with E-state index >= 15 is 0 Å². The first-order valence-corrected chi connectivity index (χ1v) is 5.30. The van der Waals surface area contributed by atoms with Crippen molar-refractivity contribution in [2.24, 2.45) is 0 Å². The molecule has 0 saturated heterocycles. The van der Waals surface area contributed by atoms with Crippen LogP contribution in [0.15, 0.2) is 21.9 Å². The lowest BCUT2D eigenvalue weighted by atomic mass is 10.5. The molecule has 90 valence electrons. The summed E-state index contributed by atoms with van der Waals surface area (Å²) in [4.78, 5) is 23.3. The zero-order chi connectivity index (χ0) is 12.0. The van der Waals surface area contributed by atoms with Crippen LogP contribution in [0.25, 0.3) is 0 Å². The molecule has 0 aromatic carbocycles. The van der Waals surface area contributed by atoms with Gasteiger partial charge in [-0.3, -0.25) is 13.9 Å². The summed E-state index contributed by atoms with van der Waals surface area (Å²) < 4.78 is 2.78. The Bertz CT molecular complexity index is 435. The van der Waals surface area contributed by atoms with Gasteiger partial charge >= 0.3 is 5.69 Å². The Kier molecular flexibility index (Phi) is 4.94. The maximum atomic E-state index is 11.9. The van der Waals surface area contributed by atoms with Crippen molar-refractivity contribution < 1.29 is 0 Å². The summed E-state index contributed by atoms with van der Waals surface area (Å²) >= 11 is 0. The number of rotatable bonds is 6. The Morgan fingerprint density at radius 2 is 1.75 bits per heavy atom. The normalized spacial score (nSPS) is 10.6. The molecule has 1 aromatic rings. The summed E-state index contributed by atoms with van der Waals surface area (Å²) in [6, 6.07) is 1.42. The maximum absolute atomic E-state index is 11.9. The van der Waals surface area contributed by atoms with E-state index in [1.165, 1.54) is 21.4 Å². The Morgan fingerprint density at radius 1 is 1.12 bits per heavy atom. The van der Waals surface area contributed by atoms with Crippen LogP contribution in [-0.2, 0) is 13.1 Å². The van der Waals surface area contributed by atoms with Gasteiger partial charge in [-0.05, 0) is 14.1 Å². The summed E-state index contributed by atoms with van der Waals surface area (Å²) in [5, 5.41) is 5.87. The SMILES string of the molecule is CNCCn1ccc(=O)n(CCNC)c1=O. The Hall–Kier alpha value is -1.40. The Morgan fingerprint density at radius 3 is 2.38 bits per heavy atom. The monoisotopic (exact) mass is 226 g/mol. The van der Waals surface area contributed by atoms with Crippen molar-refractivity contribution in [1.82, 2.24) is 19.8 Å². The van der Waals surface area contributed by atoms with Crippen molar-refractivity contribution in [3.63, 3.8) is 0 Å². The summed E-state index contributed by atoms with van der Waals surface area (Å²) in [5.74, 6) is 0. The highest BCUT2D eigenvalue weighted by atomic mass is 16.2. The molecule has 1 aromatic heterocycles. The van der Waals surface area contributed by atoms with Crippen molar-refractivity contribution in [2.75, 3.05) is 27.2 Å². The van der Waals surface area contributed by atoms with Crippen LogP contribution >= 0.6 is 0 Å². The molecule has 0 amide bonds. The second kappa shape index (κ2) is 6.24. The smallest absolute Gasteiger partial charge is 0.318 e. The van der Waals surface area contributed by atoms with Crippen molar-refractivity contribution in [3.8, 4) is 0 Å². The minimum absolute atomic E-state index is 0.249. The van der Waals surface area contributed by atoms with Crippen LogP contribution in [0.1, 0.15) is 0 Å². The molecular weight excluding hydrogens is 208 g/mol. The molecule has 0 aliphatic carbocycles. The Labute approximate surface area is 93.9 Å². The van der Waals surface area contributed by atoms with Gasteiger partial charge in [-0.2, -0.15) is 0 Å². The highest BCUT2D eigenvalue weighted by Crippen LogP contribution is 1.78. The average Bonchev–Trinajstić information content (AvgIpc) is 2.28. The van der Waals surface area contributed by atoms with Crippen molar-refractivity contribution >= 4 is 0 Å². The van der Waals surface area contributed by atoms with Crippen LogP contribution in [0, 0.1) is 0 Å². The molecule has 0 radical (unpaired) electrons. The molecule has 0 saturated carbocycles. The van der Waals surface area contributed by atoms with Gasteiger partial charge in [-0.1, -0.05) is 0 Å². The molecule has 0 aliphatic heterocycles. The molecule has 0 bridgehead atoms. The summed E-state index contributed by atoms with van der Waals surface area (Å²) in [5.41, 5.74) is -0.501. The van der Waals surface area contributed by atoms with E-state index in [1.807, 2.05) is 7.05 Å². The molecule has 2 N–H and O–H groups in total. The fourth-order valence-corrected chi connectivity index (χ4v) is 1.39. The van der Waals surface area contributed by atoms with Gasteiger partial charge in [-0.25, -0.2) is 4.79 Å². The lowest BCUT2D eigenvalue weighted by molar-refractivity contribution is 0.530. The van der Waals surface area contributed by atoms with E-state index < -0.39 is 0 Å². The van der Waals surface area contributed by atoms with E-state index in [0.717, 1.165) is 0 Å². The van der Waals surface area contributed by atoms with E-state index in [-0.39, 0.29) is 11.2 Å². The van der Waals surface area contributed by atoms with E-state index in [4.69, 9.17) is 0 Å². The van der Waals surface area contributed by atoms with Crippen LogP contribution in [0.4, 0.5) is 0 Å². The van der Waals surface area contributed by atoms with Crippen LogP contribution < -0.4 is 21.9 Å². The largest absolute Gasteiger partial charge is 0.331 e. The van der Waals surface area contributed by atoms with Gasteiger partial charge in [0, 0.05) is 38.4 Å². The number of hydrogen-bond donors (Lipinski definition) is 2. The lowest BCUT2D eigenvalue weighted by Gasteiger charge is -2.09. The molecule has 0 aliphatic rings. The van der Waals surface area contributed by atoms with Crippen molar-refractivity contribution in [3.05, 3.63) is 33.1 Å². The van der Waals surface area contributed by atoms with Crippen LogP contribution in [0.2, 0.25) is 0 Å². The number of nitrogens with one attached hydrogen (secondary N) is 2. The summed E-state index contributed by atoms with van der Waals surface area (Å²) in [6.45, 7) is 2.26. The van der Waals surface area contributed by atoms with E-state index in [2.05, 4.69) is 10.6 Å². The zero-order valence-electron chi connectivity index (χ0n) is 9.69. The minimum atomic E-state index is -0.252. The fraction of sp³-hybridized carbons (Fsp3) is 0.600. The summed E-state index contributed by atoms with van der Waals surface area (Å²) in [6.07, 6.45) is 1.54. The fourth-order valence-electron chi connectivity index (χ4n) is 1.39. The van der Waals surface area contributed by atoms with Crippen LogP contribution in [-0.4, -0.2) is 36.3 Å². The van der Waals surface area contributed by atoms with Crippen molar-refractivity contribution in [1.29, 1.82) is 0 Å². The molecule has 6 heteroatoms. The van der Waals surface area contributed by atoms with Crippen molar-refractivity contribution in [2.45, 2.75) is 13.1 Å². The number of nitrogens with zero attached hydrogens (tertiary/aromatic N) is 2. The third-order valence-corrected chi connectivity index (χ3v) is 2.33. The van der Waals surface area contributed by atoms with Gasteiger partial charge < -0.3 is 10.6 Å². The van der Waals surface area contributed by atoms with Gasteiger partial charge in [0.2, 0.25) is 0 Å².